The predicted molar refractivity (Wildman–Crippen MR) is 78.2 cm³/mol. The van der Waals surface area contributed by atoms with Crippen molar-refractivity contribution in [2.45, 2.75) is 39.0 Å². The summed E-state index contributed by atoms with van der Waals surface area (Å²) >= 11 is 0. The molecular weight excluding hydrogens is 254 g/mol. The summed E-state index contributed by atoms with van der Waals surface area (Å²) < 4.78 is 28.9. The van der Waals surface area contributed by atoms with Crippen LogP contribution in [-0.2, 0) is 18.8 Å². The first-order chi connectivity index (χ1) is 9.51. The zero-order chi connectivity index (χ0) is 14.3. The Morgan fingerprint density at radius 1 is 1.05 bits per heavy atom. The summed E-state index contributed by atoms with van der Waals surface area (Å²) in [6, 6.07) is 11.5. The Bertz CT molecular complexity index is 656. The van der Waals surface area contributed by atoms with Gasteiger partial charge >= 0.3 is 0 Å². The molecule has 0 spiro atoms. The van der Waals surface area contributed by atoms with Crippen LogP contribution in [0, 0.1) is 6.92 Å². The van der Waals surface area contributed by atoms with E-state index in [0.29, 0.717) is 12.0 Å². The van der Waals surface area contributed by atoms with Gasteiger partial charge in [0.05, 0.1) is 0 Å². The van der Waals surface area contributed by atoms with E-state index in [-0.39, 0.29) is 12.0 Å². The Balaban J connectivity index is 2.27. The number of halogens is 2. The molecule has 0 N–H and O–H groups in total. The Labute approximate surface area is 118 Å². The van der Waals surface area contributed by atoms with Crippen molar-refractivity contribution in [3.05, 3.63) is 58.7 Å². The van der Waals surface area contributed by atoms with Gasteiger partial charge in [0.1, 0.15) is 0 Å². The number of benzene rings is 2. The van der Waals surface area contributed by atoms with E-state index in [1.54, 1.807) is 6.07 Å². The van der Waals surface area contributed by atoms with Gasteiger partial charge in [-0.3, -0.25) is 0 Å². The van der Waals surface area contributed by atoms with Gasteiger partial charge in [-0.1, -0.05) is 42.8 Å². The number of hydrogen-bond donors (Lipinski definition) is 0. The molecule has 0 saturated heterocycles. The molecule has 0 saturated carbocycles. The molecule has 0 aliphatic heterocycles. The lowest BCUT2D eigenvalue weighted by Gasteiger charge is -2.18. The lowest BCUT2D eigenvalue weighted by Crippen LogP contribution is -2.14. The molecule has 0 unspecified atom stereocenters. The van der Waals surface area contributed by atoms with Crippen LogP contribution >= 0.6 is 0 Å². The molecule has 0 fully saturated rings. The van der Waals surface area contributed by atoms with Crippen molar-refractivity contribution in [3.8, 4) is 11.1 Å². The van der Waals surface area contributed by atoms with Gasteiger partial charge in [-0.25, -0.2) is 8.78 Å². The van der Waals surface area contributed by atoms with Crippen LogP contribution in [0.4, 0.5) is 8.78 Å². The van der Waals surface area contributed by atoms with E-state index in [0.717, 1.165) is 28.7 Å². The zero-order valence-electron chi connectivity index (χ0n) is 11.8. The Kier molecular flexibility index (Phi) is 3.12. The minimum absolute atomic E-state index is 0.108. The fourth-order valence-electron chi connectivity index (χ4n) is 2.97. The lowest BCUT2D eigenvalue weighted by atomic mass is 9.93. The van der Waals surface area contributed by atoms with Crippen LogP contribution in [0.1, 0.15) is 35.6 Å². The quantitative estimate of drug-likeness (QED) is 0.664. The summed E-state index contributed by atoms with van der Waals surface area (Å²) in [6.45, 7) is 4.00. The third-order valence-electron chi connectivity index (χ3n) is 4.15. The monoisotopic (exact) mass is 272 g/mol. The largest absolute Gasteiger partial charge is 0.274 e. The van der Waals surface area contributed by atoms with Crippen molar-refractivity contribution < 1.29 is 8.78 Å². The maximum atomic E-state index is 14.4. The smallest absolute Gasteiger partial charge is 0.201 e. The van der Waals surface area contributed by atoms with Crippen molar-refractivity contribution in [1.29, 1.82) is 0 Å². The first kappa shape index (κ1) is 13.3. The SMILES string of the molecule is CCc1ccc2c(c1)C(F)(F)CCc1cc(C)ccc1-2. The number of hydrogen-bond acceptors (Lipinski definition) is 0. The molecule has 0 radical (unpaired) electrons. The fourth-order valence-corrected chi connectivity index (χ4v) is 2.97. The molecule has 0 bridgehead atoms. The van der Waals surface area contributed by atoms with Crippen LogP contribution in [0.3, 0.4) is 0 Å². The molecule has 2 aromatic carbocycles. The number of fused-ring (bicyclic) bond motifs is 3. The van der Waals surface area contributed by atoms with Crippen molar-refractivity contribution in [1.82, 2.24) is 0 Å². The van der Waals surface area contributed by atoms with E-state index in [2.05, 4.69) is 0 Å². The molecule has 104 valence electrons. The van der Waals surface area contributed by atoms with Crippen LogP contribution < -0.4 is 0 Å². The van der Waals surface area contributed by atoms with E-state index in [9.17, 15) is 8.78 Å². The summed E-state index contributed by atoms with van der Waals surface area (Å²) in [4.78, 5) is 0. The predicted octanol–water partition coefficient (Wildman–Crippen LogP) is 5.26. The number of aryl methyl sites for hydroxylation is 3. The van der Waals surface area contributed by atoms with Gasteiger partial charge in [0.15, 0.2) is 0 Å². The average molecular weight is 272 g/mol. The second kappa shape index (κ2) is 4.69. The highest BCUT2D eigenvalue weighted by Gasteiger charge is 2.36. The summed E-state index contributed by atoms with van der Waals surface area (Å²) in [7, 11) is 0. The molecule has 1 aliphatic carbocycles. The standard InChI is InChI=1S/C18H18F2/c1-3-13-5-7-16-15-6-4-12(2)10-14(15)8-9-18(19,20)17(16)11-13/h4-7,10-11H,3,8-9H2,1-2H3. The Morgan fingerprint density at radius 3 is 2.55 bits per heavy atom. The molecule has 2 aromatic rings. The van der Waals surface area contributed by atoms with E-state index >= 15 is 0 Å². The van der Waals surface area contributed by atoms with Gasteiger partial charge in [-0.05, 0) is 48.1 Å². The molecule has 0 amide bonds. The van der Waals surface area contributed by atoms with E-state index in [1.165, 1.54) is 0 Å². The number of rotatable bonds is 1. The van der Waals surface area contributed by atoms with Crippen molar-refractivity contribution in [2.75, 3.05) is 0 Å². The van der Waals surface area contributed by atoms with Gasteiger partial charge in [-0.15, -0.1) is 0 Å². The average Bonchev–Trinajstić information content (AvgIpc) is 2.54. The van der Waals surface area contributed by atoms with Crippen LogP contribution in [0.5, 0.6) is 0 Å². The second-order valence-corrected chi connectivity index (χ2v) is 5.60. The molecule has 3 rings (SSSR count). The maximum Gasteiger partial charge on any atom is 0.274 e. The van der Waals surface area contributed by atoms with Gasteiger partial charge in [0.25, 0.3) is 5.92 Å². The highest BCUT2D eigenvalue weighted by Crippen LogP contribution is 2.44. The Hall–Kier alpha value is -1.70. The highest BCUT2D eigenvalue weighted by molar-refractivity contribution is 5.73. The minimum atomic E-state index is -2.74. The first-order valence-corrected chi connectivity index (χ1v) is 7.12. The topological polar surface area (TPSA) is 0 Å². The highest BCUT2D eigenvalue weighted by atomic mass is 19.3. The van der Waals surface area contributed by atoms with E-state index < -0.39 is 5.92 Å². The summed E-state index contributed by atoms with van der Waals surface area (Å²) in [5.41, 5.74) is 4.98. The fraction of sp³-hybridized carbons (Fsp3) is 0.333. The number of alkyl halides is 2. The zero-order valence-corrected chi connectivity index (χ0v) is 11.8. The molecular formula is C18H18F2. The third-order valence-corrected chi connectivity index (χ3v) is 4.15. The Morgan fingerprint density at radius 2 is 1.80 bits per heavy atom. The first-order valence-electron chi connectivity index (χ1n) is 7.12. The van der Waals surface area contributed by atoms with Crippen LogP contribution in [0.15, 0.2) is 36.4 Å². The van der Waals surface area contributed by atoms with Crippen LogP contribution in [-0.4, -0.2) is 0 Å². The van der Waals surface area contributed by atoms with Gasteiger partial charge in [-0.2, -0.15) is 0 Å². The molecule has 2 heteroatoms. The second-order valence-electron chi connectivity index (χ2n) is 5.60. The molecule has 20 heavy (non-hydrogen) atoms. The molecule has 1 aliphatic rings. The van der Waals surface area contributed by atoms with Crippen molar-refractivity contribution in [3.63, 3.8) is 0 Å². The van der Waals surface area contributed by atoms with Crippen molar-refractivity contribution in [2.24, 2.45) is 0 Å². The van der Waals surface area contributed by atoms with Gasteiger partial charge in [0, 0.05) is 12.0 Å². The molecule has 0 aromatic heterocycles. The van der Waals surface area contributed by atoms with Gasteiger partial charge < -0.3 is 0 Å². The molecule has 0 nitrogen and oxygen atoms in total. The summed E-state index contributed by atoms with van der Waals surface area (Å²) in [5.74, 6) is -2.74. The summed E-state index contributed by atoms with van der Waals surface area (Å²) in [5, 5.41) is 0. The van der Waals surface area contributed by atoms with Crippen LogP contribution in [0.2, 0.25) is 0 Å². The molecule has 0 atom stereocenters. The van der Waals surface area contributed by atoms with E-state index in [1.807, 2.05) is 44.2 Å². The van der Waals surface area contributed by atoms with Gasteiger partial charge in [0.2, 0.25) is 0 Å². The maximum absolute atomic E-state index is 14.4. The van der Waals surface area contributed by atoms with E-state index in [4.69, 9.17) is 0 Å². The van der Waals surface area contributed by atoms with Crippen molar-refractivity contribution >= 4 is 0 Å². The minimum Gasteiger partial charge on any atom is -0.201 e. The summed E-state index contributed by atoms with van der Waals surface area (Å²) in [6.07, 6.45) is 1.11. The third kappa shape index (κ3) is 2.13. The lowest BCUT2D eigenvalue weighted by molar-refractivity contribution is -0.0116. The molecule has 0 heterocycles. The normalized spacial score (nSPS) is 16.2. The van der Waals surface area contributed by atoms with Crippen LogP contribution in [0.25, 0.3) is 11.1 Å².